The maximum absolute atomic E-state index is 4.48. The van der Waals surface area contributed by atoms with Gasteiger partial charge in [0.05, 0.1) is 5.69 Å². The second-order valence-corrected chi connectivity index (χ2v) is 4.15. The van der Waals surface area contributed by atoms with Gasteiger partial charge in [-0.1, -0.05) is 0 Å². The number of aryl methyl sites for hydroxylation is 1. The lowest BCUT2D eigenvalue weighted by atomic mass is 10.3. The van der Waals surface area contributed by atoms with Crippen molar-refractivity contribution in [2.75, 3.05) is 5.32 Å². The normalized spacial score (nSPS) is 16.6. The Kier molecular flexibility index (Phi) is 2.02. The molecule has 3 heteroatoms. The minimum atomic E-state index is 0.474. The smallest absolute Gasteiger partial charge is 0.124 e. The lowest BCUT2D eigenvalue weighted by Crippen LogP contribution is -2.12. The topological polar surface area (TPSA) is 29.9 Å². The zero-order valence-electron chi connectivity index (χ0n) is 8.54. The Hall–Kier alpha value is -0.990. The van der Waals surface area contributed by atoms with Crippen LogP contribution in [0, 0.1) is 0 Å². The summed E-state index contributed by atoms with van der Waals surface area (Å²) < 4.78 is 1.94. The van der Waals surface area contributed by atoms with Crippen molar-refractivity contribution in [3.8, 4) is 0 Å². The molecule has 13 heavy (non-hydrogen) atoms. The molecule has 0 radical (unpaired) electrons. The van der Waals surface area contributed by atoms with Crippen LogP contribution in [-0.2, 0) is 7.05 Å². The van der Waals surface area contributed by atoms with Gasteiger partial charge in [0.25, 0.3) is 0 Å². The number of aromatic nitrogens is 2. The van der Waals surface area contributed by atoms with E-state index < -0.39 is 0 Å². The van der Waals surface area contributed by atoms with Gasteiger partial charge >= 0.3 is 0 Å². The molecule has 72 valence electrons. The molecule has 0 unspecified atom stereocenters. The number of hydrogen-bond acceptors (Lipinski definition) is 2. The molecule has 1 aliphatic carbocycles. The van der Waals surface area contributed by atoms with Gasteiger partial charge in [0.15, 0.2) is 0 Å². The number of nitrogens with one attached hydrogen (secondary N) is 1. The summed E-state index contributed by atoms with van der Waals surface area (Å²) in [6.45, 7) is 4.29. The Morgan fingerprint density at radius 3 is 2.77 bits per heavy atom. The van der Waals surface area contributed by atoms with Crippen molar-refractivity contribution in [3.63, 3.8) is 0 Å². The van der Waals surface area contributed by atoms with Crippen molar-refractivity contribution >= 4 is 5.82 Å². The van der Waals surface area contributed by atoms with Crippen LogP contribution in [0.2, 0.25) is 0 Å². The largest absolute Gasteiger partial charge is 0.368 e. The molecule has 0 aromatic carbocycles. The van der Waals surface area contributed by atoms with Gasteiger partial charge in [-0.05, 0) is 26.7 Å². The van der Waals surface area contributed by atoms with Crippen LogP contribution >= 0.6 is 0 Å². The molecule has 0 aliphatic heterocycles. The van der Waals surface area contributed by atoms with Crippen molar-refractivity contribution in [1.82, 2.24) is 9.78 Å². The van der Waals surface area contributed by atoms with E-state index in [0.29, 0.717) is 6.04 Å². The average Bonchev–Trinajstić information content (AvgIpc) is 2.79. The molecule has 0 bridgehead atoms. The monoisotopic (exact) mass is 179 g/mol. The van der Waals surface area contributed by atoms with Crippen molar-refractivity contribution in [1.29, 1.82) is 0 Å². The number of anilines is 1. The molecule has 0 atom stereocenters. The van der Waals surface area contributed by atoms with Crippen molar-refractivity contribution in [2.24, 2.45) is 7.05 Å². The van der Waals surface area contributed by atoms with E-state index in [1.54, 1.807) is 0 Å². The first kappa shape index (κ1) is 8.60. The standard InChI is InChI=1S/C10H17N3/c1-7(2)11-10-6-9(8-4-5-8)12-13(10)3/h6-8,11H,4-5H2,1-3H3. The Morgan fingerprint density at radius 1 is 1.54 bits per heavy atom. The zero-order chi connectivity index (χ0) is 9.42. The summed E-state index contributed by atoms with van der Waals surface area (Å²) in [6.07, 6.45) is 2.64. The van der Waals surface area contributed by atoms with E-state index in [9.17, 15) is 0 Å². The van der Waals surface area contributed by atoms with Gasteiger partial charge < -0.3 is 5.32 Å². The highest BCUT2D eigenvalue weighted by Crippen LogP contribution is 2.39. The predicted octanol–water partition coefficient (Wildman–Crippen LogP) is 2.12. The van der Waals surface area contributed by atoms with Crippen molar-refractivity contribution in [2.45, 2.75) is 38.6 Å². The molecule has 1 aromatic heterocycles. The third-order valence-electron chi connectivity index (χ3n) is 2.33. The summed E-state index contributed by atoms with van der Waals surface area (Å²) in [4.78, 5) is 0. The van der Waals surface area contributed by atoms with Crippen molar-refractivity contribution < 1.29 is 0 Å². The van der Waals surface area contributed by atoms with E-state index in [1.807, 2.05) is 11.7 Å². The van der Waals surface area contributed by atoms with Crippen LogP contribution in [0.4, 0.5) is 5.82 Å². The van der Waals surface area contributed by atoms with Crippen LogP contribution < -0.4 is 5.32 Å². The van der Waals surface area contributed by atoms with Gasteiger partial charge in [-0.3, -0.25) is 4.68 Å². The molecule has 0 spiro atoms. The Bertz CT molecular complexity index is 297. The molecular formula is C10H17N3. The van der Waals surface area contributed by atoms with E-state index >= 15 is 0 Å². The highest BCUT2D eigenvalue weighted by molar-refractivity contribution is 5.39. The van der Waals surface area contributed by atoms with E-state index in [-0.39, 0.29) is 0 Å². The van der Waals surface area contributed by atoms with Gasteiger partial charge in [-0.15, -0.1) is 0 Å². The molecule has 3 nitrogen and oxygen atoms in total. The maximum atomic E-state index is 4.48. The van der Waals surface area contributed by atoms with Gasteiger partial charge in [0.2, 0.25) is 0 Å². The molecule has 1 fully saturated rings. The Balaban J connectivity index is 2.15. The molecule has 1 aromatic rings. The summed E-state index contributed by atoms with van der Waals surface area (Å²) in [6, 6.07) is 2.65. The fraction of sp³-hybridized carbons (Fsp3) is 0.700. The Morgan fingerprint density at radius 2 is 2.23 bits per heavy atom. The predicted molar refractivity (Wildman–Crippen MR) is 53.9 cm³/mol. The molecule has 0 amide bonds. The number of rotatable bonds is 3. The van der Waals surface area contributed by atoms with E-state index in [1.165, 1.54) is 18.5 Å². The molecule has 0 saturated heterocycles. The second kappa shape index (κ2) is 3.05. The van der Waals surface area contributed by atoms with E-state index in [0.717, 1.165) is 11.7 Å². The van der Waals surface area contributed by atoms with Gasteiger partial charge in [0.1, 0.15) is 5.82 Å². The van der Waals surface area contributed by atoms with E-state index in [2.05, 4.69) is 30.3 Å². The van der Waals surface area contributed by atoms with E-state index in [4.69, 9.17) is 0 Å². The summed E-state index contributed by atoms with van der Waals surface area (Å²) >= 11 is 0. The summed E-state index contributed by atoms with van der Waals surface area (Å²) in [5.41, 5.74) is 1.26. The molecule has 2 rings (SSSR count). The third-order valence-corrected chi connectivity index (χ3v) is 2.33. The molecular weight excluding hydrogens is 162 g/mol. The lowest BCUT2D eigenvalue weighted by Gasteiger charge is -2.08. The van der Waals surface area contributed by atoms with Gasteiger partial charge in [-0.2, -0.15) is 5.10 Å². The van der Waals surface area contributed by atoms with Crippen LogP contribution in [0.1, 0.15) is 38.3 Å². The van der Waals surface area contributed by atoms with Crippen molar-refractivity contribution in [3.05, 3.63) is 11.8 Å². The fourth-order valence-electron chi connectivity index (χ4n) is 1.50. The lowest BCUT2D eigenvalue weighted by molar-refractivity contribution is 0.735. The summed E-state index contributed by atoms with van der Waals surface area (Å²) in [7, 11) is 2.00. The fourth-order valence-corrected chi connectivity index (χ4v) is 1.50. The zero-order valence-corrected chi connectivity index (χ0v) is 8.54. The van der Waals surface area contributed by atoms with Crippen LogP contribution in [0.25, 0.3) is 0 Å². The Labute approximate surface area is 79.1 Å². The minimum Gasteiger partial charge on any atom is -0.368 e. The quantitative estimate of drug-likeness (QED) is 0.770. The summed E-state index contributed by atoms with van der Waals surface area (Å²) in [5, 5.41) is 7.86. The SMILES string of the molecule is CC(C)Nc1cc(C2CC2)nn1C. The molecule has 1 N–H and O–H groups in total. The highest BCUT2D eigenvalue weighted by Gasteiger charge is 2.26. The first-order chi connectivity index (χ1) is 6.16. The van der Waals surface area contributed by atoms with Crippen LogP contribution in [0.5, 0.6) is 0 Å². The average molecular weight is 179 g/mol. The minimum absolute atomic E-state index is 0.474. The number of nitrogens with zero attached hydrogens (tertiary/aromatic N) is 2. The second-order valence-electron chi connectivity index (χ2n) is 4.15. The molecule has 1 heterocycles. The molecule has 1 aliphatic rings. The first-order valence-corrected chi connectivity index (χ1v) is 4.97. The van der Waals surface area contributed by atoms with Gasteiger partial charge in [0, 0.05) is 25.1 Å². The highest BCUT2D eigenvalue weighted by atomic mass is 15.3. The van der Waals surface area contributed by atoms with Gasteiger partial charge in [-0.25, -0.2) is 0 Å². The molecule has 1 saturated carbocycles. The third kappa shape index (κ3) is 1.85. The summed E-state index contributed by atoms with van der Waals surface area (Å²) in [5.74, 6) is 1.88. The number of hydrogen-bond donors (Lipinski definition) is 1. The van der Waals surface area contributed by atoms with Crippen LogP contribution in [0.15, 0.2) is 6.07 Å². The maximum Gasteiger partial charge on any atom is 0.124 e. The van der Waals surface area contributed by atoms with Crippen LogP contribution in [-0.4, -0.2) is 15.8 Å². The van der Waals surface area contributed by atoms with Crippen LogP contribution in [0.3, 0.4) is 0 Å². The first-order valence-electron chi connectivity index (χ1n) is 4.97.